The molecule has 0 fully saturated rings. The van der Waals surface area contributed by atoms with Crippen LogP contribution in [0.15, 0.2) is 52.3 Å². The van der Waals surface area contributed by atoms with Crippen molar-refractivity contribution < 1.29 is 19.4 Å². The lowest BCUT2D eigenvalue weighted by Crippen LogP contribution is -2.00. The Labute approximate surface area is 142 Å². The van der Waals surface area contributed by atoms with Gasteiger partial charge in [0, 0.05) is 15.8 Å². The third-order valence-electron chi connectivity index (χ3n) is 3.70. The summed E-state index contributed by atoms with van der Waals surface area (Å²) in [4.78, 5) is 27.5. The van der Waals surface area contributed by atoms with Crippen LogP contribution in [0.4, 0.5) is 0 Å². The number of esters is 1. The predicted octanol–water partition coefficient (Wildman–Crippen LogP) is 4.11. The van der Waals surface area contributed by atoms with Gasteiger partial charge in [-0.3, -0.25) is 0 Å². The van der Waals surface area contributed by atoms with Crippen molar-refractivity contribution in [2.45, 2.75) is 16.7 Å². The van der Waals surface area contributed by atoms with Crippen molar-refractivity contribution in [2.24, 2.45) is 0 Å². The summed E-state index contributed by atoms with van der Waals surface area (Å²) in [6.07, 6.45) is 0. The maximum atomic E-state index is 11.6. The van der Waals surface area contributed by atoms with E-state index in [9.17, 15) is 14.7 Å². The molecule has 0 radical (unpaired) electrons. The normalized spacial score (nSPS) is 10.8. The number of benzene rings is 2. The third kappa shape index (κ3) is 2.88. The number of rotatable bonds is 4. The highest BCUT2D eigenvalue weighted by atomic mass is 32.2. The second-order valence-electron chi connectivity index (χ2n) is 5.25. The summed E-state index contributed by atoms with van der Waals surface area (Å²) in [5.74, 6) is -1.40. The van der Waals surface area contributed by atoms with Crippen LogP contribution >= 0.6 is 11.8 Å². The zero-order chi connectivity index (χ0) is 17.3. The fourth-order valence-corrected chi connectivity index (χ4v) is 3.66. The number of carbonyl (C=O) groups excluding carboxylic acids is 1. The first-order valence-electron chi connectivity index (χ1n) is 7.22. The van der Waals surface area contributed by atoms with Crippen molar-refractivity contribution in [1.82, 2.24) is 4.98 Å². The van der Waals surface area contributed by atoms with E-state index in [1.54, 1.807) is 24.3 Å². The number of aromatic amines is 1. The molecular formula is C18H15NO4S. The molecule has 0 saturated carbocycles. The number of hydrogen-bond acceptors (Lipinski definition) is 4. The first-order valence-corrected chi connectivity index (χ1v) is 8.03. The highest BCUT2D eigenvalue weighted by Gasteiger charge is 2.19. The van der Waals surface area contributed by atoms with E-state index in [2.05, 4.69) is 9.72 Å². The molecule has 0 amide bonds. The van der Waals surface area contributed by atoms with E-state index in [0.717, 1.165) is 21.4 Å². The molecule has 122 valence electrons. The van der Waals surface area contributed by atoms with E-state index in [1.165, 1.54) is 18.9 Å². The zero-order valence-corrected chi connectivity index (χ0v) is 13.9. The molecule has 0 aliphatic rings. The predicted molar refractivity (Wildman–Crippen MR) is 91.9 cm³/mol. The number of carboxylic acid groups (broad SMARTS) is 1. The van der Waals surface area contributed by atoms with Gasteiger partial charge in [0.25, 0.3) is 0 Å². The fourth-order valence-electron chi connectivity index (χ4n) is 2.54. The minimum atomic E-state index is -1.00. The van der Waals surface area contributed by atoms with E-state index >= 15 is 0 Å². The van der Waals surface area contributed by atoms with Crippen molar-refractivity contribution in [3.05, 3.63) is 59.3 Å². The Morgan fingerprint density at radius 3 is 2.46 bits per heavy atom. The second-order valence-corrected chi connectivity index (χ2v) is 6.33. The largest absolute Gasteiger partial charge is 0.477 e. The van der Waals surface area contributed by atoms with Gasteiger partial charge in [-0.05, 0) is 42.8 Å². The standard InChI is InChI=1S/C18H15NO4S/c1-10-4-3-5-13-14(10)16(15(19-13)17(20)21)24-12-8-6-11(7-9-12)18(22)23-2/h3-9,19H,1-2H3,(H,20,21). The Balaban J connectivity index is 2.04. The number of carbonyl (C=O) groups is 2. The molecule has 2 aromatic carbocycles. The number of carboxylic acids is 1. The number of aromatic nitrogens is 1. The molecule has 0 unspecified atom stereocenters. The van der Waals surface area contributed by atoms with Crippen molar-refractivity contribution in [1.29, 1.82) is 0 Å². The van der Waals surface area contributed by atoms with Crippen LogP contribution in [-0.4, -0.2) is 29.1 Å². The van der Waals surface area contributed by atoms with Gasteiger partial charge in [0.15, 0.2) is 0 Å². The van der Waals surface area contributed by atoms with Gasteiger partial charge in [-0.2, -0.15) is 0 Å². The summed E-state index contributed by atoms with van der Waals surface area (Å²) in [5.41, 5.74) is 2.42. The van der Waals surface area contributed by atoms with Crippen molar-refractivity contribution in [2.75, 3.05) is 7.11 Å². The second kappa shape index (κ2) is 6.41. The number of fused-ring (bicyclic) bond motifs is 1. The maximum absolute atomic E-state index is 11.6. The molecule has 0 spiro atoms. The van der Waals surface area contributed by atoms with Gasteiger partial charge in [-0.1, -0.05) is 23.9 Å². The van der Waals surface area contributed by atoms with Crippen LogP contribution in [0.25, 0.3) is 10.9 Å². The minimum absolute atomic E-state index is 0.168. The fraction of sp³-hybridized carbons (Fsp3) is 0.111. The van der Waals surface area contributed by atoms with Gasteiger partial charge in [0.1, 0.15) is 5.69 Å². The lowest BCUT2D eigenvalue weighted by atomic mass is 10.1. The molecule has 3 rings (SSSR count). The smallest absolute Gasteiger partial charge is 0.353 e. The number of aryl methyl sites for hydroxylation is 1. The monoisotopic (exact) mass is 341 g/mol. The topological polar surface area (TPSA) is 79.4 Å². The summed E-state index contributed by atoms with van der Waals surface area (Å²) in [6.45, 7) is 1.95. The molecule has 0 aliphatic carbocycles. The SMILES string of the molecule is COC(=O)c1ccc(Sc2c(C(=O)O)[nH]c3cccc(C)c23)cc1. The van der Waals surface area contributed by atoms with Crippen molar-refractivity contribution in [3.63, 3.8) is 0 Å². The molecule has 0 bridgehead atoms. The molecule has 0 saturated heterocycles. The summed E-state index contributed by atoms with van der Waals surface area (Å²) >= 11 is 1.36. The molecule has 3 aromatic rings. The third-order valence-corrected chi connectivity index (χ3v) is 4.82. The van der Waals surface area contributed by atoms with Crippen LogP contribution in [0.3, 0.4) is 0 Å². The van der Waals surface area contributed by atoms with Gasteiger partial charge in [-0.15, -0.1) is 0 Å². The van der Waals surface area contributed by atoms with Crippen molar-refractivity contribution in [3.8, 4) is 0 Å². The molecule has 5 nitrogen and oxygen atoms in total. The van der Waals surface area contributed by atoms with Crippen molar-refractivity contribution >= 4 is 34.6 Å². The van der Waals surface area contributed by atoms with Gasteiger partial charge in [0.05, 0.1) is 17.6 Å². The van der Waals surface area contributed by atoms with E-state index in [4.69, 9.17) is 0 Å². The Kier molecular flexibility index (Phi) is 4.31. The van der Waals surface area contributed by atoms with Crippen LogP contribution in [0.5, 0.6) is 0 Å². The highest BCUT2D eigenvalue weighted by Crippen LogP contribution is 2.38. The Hall–Kier alpha value is -2.73. The van der Waals surface area contributed by atoms with Crippen LogP contribution in [0.1, 0.15) is 26.4 Å². The maximum Gasteiger partial charge on any atom is 0.353 e. The molecule has 24 heavy (non-hydrogen) atoms. The average molecular weight is 341 g/mol. The lowest BCUT2D eigenvalue weighted by molar-refractivity contribution is 0.0599. The first-order chi connectivity index (χ1) is 11.5. The number of methoxy groups -OCH3 is 1. The van der Waals surface area contributed by atoms with E-state index in [-0.39, 0.29) is 5.69 Å². The molecule has 2 N–H and O–H groups in total. The van der Waals surface area contributed by atoms with Gasteiger partial charge in [0.2, 0.25) is 0 Å². The number of nitrogens with one attached hydrogen (secondary N) is 1. The average Bonchev–Trinajstić information content (AvgIpc) is 2.95. The summed E-state index contributed by atoms with van der Waals surface area (Å²) < 4.78 is 4.68. The molecule has 0 atom stereocenters. The lowest BCUT2D eigenvalue weighted by Gasteiger charge is -2.05. The first kappa shape index (κ1) is 16.1. The van der Waals surface area contributed by atoms with Crippen LogP contribution in [0.2, 0.25) is 0 Å². The molecular weight excluding hydrogens is 326 g/mol. The Morgan fingerprint density at radius 2 is 1.83 bits per heavy atom. The van der Waals surface area contributed by atoms with Gasteiger partial charge < -0.3 is 14.8 Å². The number of aromatic carboxylic acids is 1. The number of ether oxygens (including phenoxy) is 1. The molecule has 1 heterocycles. The molecule has 1 aromatic heterocycles. The highest BCUT2D eigenvalue weighted by molar-refractivity contribution is 7.99. The molecule has 0 aliphatic heterocycles. The van der Waals surface area contributed by atoms with Gasteiger partial charge >= 0.3 is 11.9 Å². The Morgan fingerprint density at radius 1 is 1.12 bits per heavy atom. The van der Waals surface area contributed by atoms with E-state index < -0.39 is 11.9 Å². The van der Waals surface area contributed by atoms with Crippen LogP contribution in [0, 0.1) is 6.92 Å². The number of H-pyrrole nitrogens is 1. The quantitative estimate of drug-likeness (QED) is 0.698. The van der Waals surface area contributed by atoms with Gasteiger partial charge in [-0.25, -0.2) is 9.59 Å². The summed E-state index contributed by atoms with van der Waals surface area (Å²) in [7, 11) is 1.33. The van der Waals surface area contributed by atoms with E-state index in [0.29, 0.717) is 10.5 Å². The van der Waals surface area contributed by atoms with E-state index in [1.807, 2.05) is 25.1 Å². The summed E-state index contributed by atoms with van der Waals surface area (Å²) in [6, 6.07) is 12.6. The molecule has 6 heteroatoms. The Bertz CT molecular complexity index is 928. The minimum Gasteiger partial charge on any atom is -0.477 e. The van der Waals surface area contributed by atoms with Crippen LogP contribution in [-0.2, 0) is 4.74 Å². The number of hydrogen-bond donors (Lipinski definition) is 2. The van der Waals surface area contributed by atoms with Crippen LogP contribution < -0.4 is 0 Å². The summed E-state index contributed by atoms with van der Waals surface area (Å²) in [5, 5.41) is 10.4. The zero-order valence-electron chi connectivity index (χ0n) is 13.1.